The predicted octanol–water partition coefficient (Wildman–Crippen LogP) is 7.02. The predicted molar refractivity (Wildman–Crippen MR) is 123 cm³/mol. The molecule has 0 aliphatic carbocycles. The summed E-state index contributed by atoms with van der Waals surface area (Å²) < 4.78 is 12.2. The molecule has 0 unspecified atom stereocenters. The fourth-order valence-electron chi connectivity index (χ4n) is 3.09. The van der Waals surface area contributed by atoms with E-state index in [-0.39, 0.29) is 0 Å². The smallest absolute Gasteiger partial charge is 0.162 e. The second kappa shape index (κ2) is 10.1. The molecule has 0 aliphatic rings. The topological polar surface area (TPSA) is 18.5 Å². The van der Waals surface area contributed by atoms with Crippen LogP contribution >= 0.6 is 0 Å². The average Bonchev–Trinajstić information content (AvgIpc) is 2.82. The second-order valence-electron chi connectivity index (χ2n) is 7.00. The summed E-state index contributed by atoms with van der Waals surface area (Å²) in [5.74, 6) is 1.48. The Bertz CT molecular complexity index is 1070. The maximum absolute atomic E-state index is 6.15. The summed E-state index contributed by atoms with van der Waals surface area (Å²) in [5.41, 5.74) is 4.47. The number of hydrogen-bond acceptors (Lipinski definition) is 2. The summed E-state index contributed by atoms with van der Waals surface area (Å²) in [7, 11) is 0. The first kappa shape index (κ1) is 19.5. The summed E-state index contributed by atoms with van der Waals surface area (Å²) >= 11 is 0. The Kier molecular flexibility index (Phi) is 6.59. The summed E-state index contributed by atoms with van der Waals surface area (Å²) in [6.07, 6.45) is 4.19. The van der Waals surface area contributed by atoms with Crippen molar-refractivity contribution < 1.29 is 9.47 Å². The highest BCUT2D eigenvalue weighted by atomic mass is 16.5. The van der Waals surface area contributed by atoms with Crippen LogP contribution in [-0.4, -0.2) is 0 Å². The van der Waals surface area contributed by atoms with Gasteiger partial charge < -0.3 is 9.47 Å². The molecule has 4 aromatic carbocycles. The van der Waals surface area contributed by atoms with Gasteiger partial charge in [-0.2, -0.15) is 0 Å². The van der Waals surface area contributed by atoms with Crippen LogP contribution in [0.15, 0.2) is 109 Å². The summed E-state index contributed by atoms with van der Waals surface area (Å²) in [6.45, 7) is 0.996. The maximum atomic E-state index is 6.15. The van der Waals surface area contributed by atoms with E-state index in [4.69, 9.17) is 9.47 Å². The first-order chi connectivity index (χ1) is 14.9. The highest BCUT2D eigenvalue weighted by Gasteiger charge is 2.07. The van der Waals surface area contributed by atoms with E-state index < -0.39 is 0 Å². The van der Waals surface area contributed by atoms with Crippen molar-refractivity contribution in [2.45, 2.75) is 13.2 Å². The lowest BCUT2D eigenvalue weighted by molar-refractivity contribution is 0.256. The van der Waals surface area contributed by atoms with Gasteiger partial charge in [-0.1, -0.05) is 109 Å². The van der Waals surface area contributed by atoms with E-state index in [2.05, 4.69) is 54.6 Å². The van der Waals surface area contributed by atoms with Crippen LogP contribution < -0.4 is 9.47 Å². The molecule has 4 aromatic rings. The van der Waals surface area contributed by atoms with E-state index in [1.54, 1.807) is 0 Å². The lowest BCUT2D eigenvalue weighted by Gasteiger charge is -2.14. The highest BCUT2D eigenvalue weighted by molar-refractivity contribution is 5.70. The van der Waals surface area contributed by atoms with Gasteiger partial charge in [0, 0.05) is 0 Å². The van der Waals surface area contributed by atoms with Gasteiger partial charge in [-0.15, -0.1) is 0 Å². The third kappa shape index (κ3) is 5.62. The third-order valence-electron chi connectivity index (χ3n) is 4.71. The number of benzene rings is 4. The van der Waals surface area contributed by atoms with Gasteiger partial charge in [0.25, 0.3) is 0 Å². The zero-order chi connectivity index (χ0) is 20.4. The van der Waals surface area contributed by atoms with E-state index >= 15 is 0 Å². The van der Waals surface area contributed by atoms with Crippen molar-refractivity contribution in [3.63, 3.8) is 0 Å². The molecular formula is C28H24O2. The molecule has 0 saturated carbocycles. The van der Waals surface area contributed by atoms with Crippen molar-refractivity contribution >= 4 is 12.2 Å². The molecule has 0 aromatic heterocycles. The van der Waals surface area contributed by atoms with Crippen molar-refractivity contribution in [2.75, 3.05) is 0 Å². The lowest BCUT2D eigenvalue weighted by Crippen LogP contribution is -2.00. The molecule has 30 heavy (non-hydrogen) atoms. The fraction of sp³-hybridized carbons (Fsp3) is 0.0714. The Morgan fingerprint density at radius 3 is 1.57 bits per heavy atom. The largest absolute Gasteiger partial charge is 0.485 e. The number of rotatable bonds is 8. The van der Waals surface area contributed by atoms with Crippen molar-refractivity contribution in [2.24, 2.45) is 0 Å². The monoisotopic (exact) mass is 392 g/mol. The summed E-state index contributed by atoms with van der Waals surface area (Å²) in [4.78, 5) is 0. The van der Waals surface area contributed by atoms with Crippen LogP contribution in [0.3, 0.4) is 0 Å². The van der Waals surface area contributed by atoms with Gasteiger partial charge in [0.05, 0.1) is 0 Å². The van der Waals surface area contributed by atoms with Crippen molar-refractivity contribution in [1.82, 2.24) is 0 Å². The fourth-order valence-corrected chi connectivity index (χ4v) is 3.09. The lowest BCUT2D eigenvalue weighted by atomic mass is 10.1. The molecule has 0 amide bonds. The van der Waals surface area contributed by atoms with Gasteiger partial charge in [-0.3, -0.25) is 0 Å². The quantitative estimate of drug-likeness (QED) is 0.300. The van der Waals surface area contributed by atoms with Crippen molar-refractivity contribution in [1.29, 1.82) is 0 Å². The van der Waals surface area contributed by atoms with Gasteiger partial charge in [-0.05, 0) is 34.4 Å². The minimum atomic E-state index is 0.494. The SMILES string of the molecule is C(=Cc1ccc(OCc2ccccc2)c(OCc2ccccc2)c1)c1ccccc1. The van der Waals surface area contributed by atoms with E-state index in [9.17, 15) is 0 Å². The Morgan fingerprint density at radius 2 is 0.967 bits per heavy atom. The van der Waals surface area contributed by atoms with Gasteiger partial charge in [0.15, 0.2) is 11.5 Å². The summed E-state index contributed by atoms with van der Waals surface area (Å²) in [6, 6.07) is 36.6. The number of hydrogen-bond donors (Lipinski definition) is 0. The van der Waals surface area contributed by atoms with E-state index in [0.717, 1.165) is 33.8 Å². The van der Waals surface area contributed by atoms with Crippen molar-refractivity contribution in [3.05, 3.63) is 131 Å². The Hall–Kier alpha value is -3.78. The third-order valence-corrected chi connectivity index (χ3v) is 4.71. The Morgan fingerprint density at radius 1 is 0.467 bits per heavy atom. The molecular weight excluding hydrogens is 368 g/mol. The molecule has 0 bridgehead atoms. The Labute approximate surface area is 178 Å². The molecule has 0 N–H and O–H groups in total. The minimum Gasteiger partial charge on any atom is -0.485 e. The van der Waals surface area contributed by atoms with Crippen LogP contribution in [0, 0.1) is 0 Å². The van der Waals surface area contributed by atoms with Crippen LogP contribution in [0.5, 0.6) is 11.5 Å². The molecule has 0 radical (unpaired) electrons. The minimum absolute atomic E-state index is 0.494. The van der Waals surface area contributed by atoms with E-state index in [0.29, 0.717) is 13.2 Å². The van der Waals surface area contributed by atoms with Gasteiger partial charge in [0.2, 0.25) is 0 Å². The molecule has 0 saturated heterocycles. The van der Waals surface area contributed by atoms with Gasteiger partial charge in [-0.25, -0.2) is 0 Å². The normalized spacial score (nSPS) is 10.8. The number of ether oxygens (including phenoxy) is 2. The van der Waals surface area contributed by atoms with Crippen LogP contribution in [-0.2, 0) is 13.2 Å². The molecule has 0 spiro atoms. The molecule has 0 atom stereocenters. The second-order valence-corrected chi connectivity index (χ2v) is 7.00. The zero-order valence-electron chi connectivity index (χ0n) is 16.8. The van der Waals surface area contributed by atoms with E-state index in [1.807, 2.05) is 66.7 Å². The first-order valence-electron chi connectivity index (χ1n) is 10.1. The van der Waals surface area contributed by atoms with Crippen LogP contribution in [0.2, 0.25) is 0 Å². The molecule has 2 nitrogen and oxygen atoms in total. The average molecular weight is 392 g/mol. The highest BCUT2D eigenvalue weighted by Crippen LogP contribution is 2.31. The Balaban J connectivity index is 1.53. The standard InChI is InChI=1S/C28H24O2/c1-4-10-23(11-5-1)16-17-24-18-19-27(29-21-25-12-6-2-7-13-25)28(20-24)30-22-26-14-8-3-9-15-26/h1-20H,21-22H2. The van der Waals surface area contributed by atoms with Gasteiger partial charge in [0.1, 0.15) is 13.2 Å². The maximum Gasteiger partial charge on any atom is 0.162 e. The first-order valence-corrected chi connectivity index (χ1v) is 10.1. The molecule has 0 aliphatic heterocycles. The van der Waals surface area contributed by atoms with Crippen LogP contribution in [0.25, 0.3) is 12.2 Å². The molecule has 148 valence electrons. The van der Waals surface area contributed by atoms with Gasteiger partial charge >= 0.3 is 0 Å². The molecule has 4 rings (SSSR count). The van der Waals surface area contributed by atoms with Crippen molar-refractivity contribution in [3.8, 4) is 11.5 Å². The van der Waals surface area contributed by atoms with E-state index in [1.165, 1.54) is 0 Å². The molecule has 0 fully saturated rings. The molecule has 0 heterocycles. The van der Waals surface area contributed by atoms with Crippen LogP contribution in [0.4, 0.5) is 0 Å². The van der Waals surface area contributed by atoms with Crippen LogP contribution in [0.1, 0.15) is 22.3 Å². The zero-order valence-corrected chi connectivity index (χ0v) is 16.8. The summed E-state index contributed by atoms with van der Waals surface area (Å²) in [5, 5.41) is 0. The molecule has 2 heteroatoms.